The molecule has 0 heterocycles. The van der Waals surface area contributed by atoms with Gasteiger partial charge in [-0.3, -0.25) is 0 Å². The van der Waals surface area contributed by atoms with Crippen molar-refractivity contribution in [1.29, 1.82) is 0 Å². The Balaban J connectivity index is 3.90. The van der Waals surface area contributed by atoms with Crippen molar-refractivity contribution in [2.45, 2.75) is 20.3 Å². The first-order valence-corrected chi connectivity index (χ1v) is 4.21. The van der Waals surface area contributed by atoms with Gasteiger partial charge in [0, 0.05) is 11.6 Å². The van der Waals surface area contributed by atoms with E-state index < -0.39 is 5.43 Å². The third-order valence-corrected chi connectivity index (χ3v) is 1.46. The van der Waals surface area contributed by atoms with Crippen molar-refractivity contribution in [2.75, 3.05) is 6.61 Å². The molecule has 0 spiro atoms. The van der Waals surface area contributed by atoms with Crippen LogP contribution in [0, 0.1) is 0 Å². The maximum Gasteiger partial charge on any atom is 0.404 e. The fraction of sp³-hybridized carbons (Fsp3) is 0.444. The highest BCUT2D eigenvalue weighted by Crippen LogP contribution is 2.03. The van der Waals surface area contributed by atoms with Crippen molar-refractivity contribution in [3.63, 3.8) is 0 Å². The number of rotatable bonds is 4. The number of hydrogen-bond acceptors (Lipinski definition) is 2. The van der Waals surface area contributed by atoms with E-state index in [1.54, 1.807) is 0 Å². The SMILES string of the molecule is C/C=C\C=C(/CC)COC(=O)Cl. The first kappa shape index (κ1) is 11.2. The summed E-state index contributed by atoms with van der Waals surface area (Å²) in [6.07, 6.45) is 6.59. The number of halogens is 1. The number of allylic oxidation sites excluding steroid dienone is 3. The largest absolute Gasteiger partial charge is 0.449 e. The van der Waals surface area contributed by atoms with Gasteiger partial charge in [0.2, 0.25) is 0 Å². The third kappa shape index (κ3) is 5.98. The zero-order valence-electron chi connectivity index (χ0n) is 7.34. The highest BCUT2D eigenvalue weighted by molar-refractivity contribution is 6.61. The van der Waals surface area contributed by atoms with Crippen molar-refractivity contribution in [1.82, 2.24) is 0 Å². The van der Waals surface area contributed by atoms with Crippen molar-refractivity contribution < 1.29 is 9.53 Å². The number of hydrogen-bond donors (Lipinski definition) is 0. The molecule has 0 aliphatic heterocycles. The molecule has 0 radical (unpaired) electrons. The Labute approximate surface area is 77.9 Å². The van der Waals surface area contributed by atoms with Gasteiger partial charge >= 0.3 is 5.43 Å². The molecule has 0 N–H and O–H groups in total. The molecule has 0 aliphatic rings. The summed E-state index contributed by atoms with van der Waals surface area (Å²) in [5.74, 6) is 0. The lowest BCUT2D eigenvalue weighted by atomic mass is 10.2. The van der Waals surface area contributed by atoms with Gasteiger partial charge in [-0.1, -0.05) is 25.2 Å². The number of ether oxygens (including phenoxy) is 1. The maximum absolute atomic E-state index is 10.2. The zero-order chi connectivity index (χ0) is 9.40. The summed E-state index contributed by atoms with van der Waals surface area (Å²) < 4.78 is 4.62. The summed E-state index contributed by atoms with van der Waals surface area (Å²) >= 11 is 5.01. The van der Waals surface area contributed by atoms with Gasteiger partial charge in [-0.2, -0.15) is 0 Å². The van der Waals surface area contributed by atoms with E-state index in [1.165, 1.54) is 0 Å². The Morgan fingerprint density at radius 1 is 1.58 bits per heavy atom. The minimum atomic E-state index is -0.755. The molecule has 3 heteroatoms. The fourth-order valence-corrected chi connectivity index (χ4v) is 0.704. The molecule has 2 nitrogen and oxygen atoms in total. The highest BCUT2D eigenvalue weighted by atomic mass is 35.5. The van der Waals surface area contributed by atoms with E-state index in [2.05, 4.69) is 4.74 Å². The molecule has 0 fully saturated rings. The zero-order valence-corrected chi connectivity index (χ0v) is 8.10. The van der Waals surface area contributed by atoms with E-state index >= 15 is 0 Å². The van der Waals surface area contributed by atoms with Crippen LogP contribution < -0.4 is 0 Å². The summed E-state index contributed by atoms with van der Waals surface area (Å²) in [5, 5.41) is 0. The maximum atomic E-state index is 10.2. The first-order chi connectivity index (χ1) is 5.70. The first-order valence-electron chi connectivity index (χ1n) is 3.83. The average molecular weight is 189 g/mol. The molecule has 0 unspecified atom stereocenters. The lowest BCUT2D eigenvalue weighted by molar-refractivity contribution is 0.182. The summed E-state index contributed by atoms with van der Waals surface area (Å²) in [6.45, 7) is 4.21. The molecule has 0 amide bonds. The fourth-order valence-electron chi connectivity index (χ4n) is 0.650. The van der Waals surface area contributed by atoms with Gasteiger partial charge in [0.15, 0.2) is 0 Å². The van der Waals surface area contributed by atoms with Crippen LogP contribution in [0.3, 0.4) is 0 Å². The van der Waals surface area contributed by atoms with E-state index in [4.69, 9.17) is 11.6 Å². The van der Waals surface area contributed by atoms with Crippen LogP contribution in [0.15, 0.2) is 23.8 Å². The Hall–Kier alpha value is -0.760. The molecule has 0 rings (SSSR count). The topological polar surface area (TPSA) is 26.3 Å². The summed E-state index contributed by atoms with van der Waals surface area (Å²) in [5.41, 5.74) is 0.289. The van der Waals surface area contributed by atoms with Crippen LogP contribution in [0.5, 0.6) is 0 Å². The minimum absolute atomic E-state index is 0.281. The standard InChI is InChI=1S/C9H13ClO2/c1-3-5-6-8(4-2)7-12-9(10)11/h3,5-6H,4,7H2,1-2H3/b5-3-,8-6+. The molecule has 0 saturated heterocycles. The van der Waals surface area contributed by atoms with Crippen LogP contribution in [0.1, 0.15) is 20.3 Å². The molecule has 0 saturated carbocycles. The quantitative estimate of drug-likeness (QED) is 0.500. The van der Waals surface area contributed by atoms with Crippen LogP contribution in [0.25, 0.3) is 0 Å². The van der Waals surface area contributed by atoms with Crippen molar-refractivity contribution in [3.05, 3.63) is 23.8 Å². The van der Waals surface area contributed by atoms with E-state index in [0.29, 0.717) is 0 Å². The van der Waals surface area contributed by atoms with Crippen molar-refractivity contribution >= 4 is 17.0 Å². The van der Waals surface area contributed by atoms with Gasteiger partial charge in [-0.05, 0) is 18.9 Å². The molecule has 0 aromatic heterocycles. The van der Waals surface area contributed by atoms with Gasteiger partial charge in [0.25, 0.3) is 0 Å². The molecule has 0 aromatic carbocycles. The Bertz CT molecular complexity index is 195. The minimum Gasteiger partial charge on any atom is -0.449 e. The van der Waals surface area contributed by atoms with Crippen molar-refractivity contribution in [3.8, 4) is 0 Å². The van der Waals surface area contributed by atoms with Crippen LogP contribution in [-0.4, -0.2) is 12.0 Å². The lowest BCUT2D eigenvalue weighted by Gasteiger charge is -2.01. The van der Waals surface area contributed by atoms with Gasteiger partial charge in [-0.15, -0.1) is 0 Å². The molecule has 0 atom stereocenters. The van der Waals surface area contributed by atoms with E-state index in [9.17, 15) is 4.79 Å². The predicted octanol–water partition coefficient (Wildman–Crippen LogP) is 3.27. The Morgan fingerprint density at radius 2 is 2.25 bits per heavy atom. The number of carbonyl (C=O) groups is 1. The molecule has 0 bridgehead atoms. The van der Waals surface area contributed by atoms with E-state index in [1.807, 2.05) is 32.1 Å². The predicted molar refractivity (Wildman–Crippen MR) is 50.4 cm³/mol. The molecule has 68 valence electrons. The monoisotopic (exact) mass is 188 g/mol. The van der Waals surface area contributed by atoms with Gasteiger partial charge in [0.1, 0.15) is 6.61 Å². The van der Waals surface area contributed by atoms with Gasteiger partial charge < -0.3 is 4.74 Å². The summed E-state index contributed by atoms with van der Waals surface area (Å²) in [4.78, 5) is 10.2. The Kier molecular flexibility index (Phi) is 6.48. The van der Waals surface area contributed by atoms with E-state index in [0.717, 1.165) is 12.0 Å². The summed E-state index contributed by atoms with van der Waals surface area (Å²) in [7, 11) is 0. The third-order valence-electron chi connectivity index (χ3n) is 1.35. The van der Waals surface area contributed by atoms with E-state index in [-0.39, 0.29) is 6.61 Å². The Morgan fingerprint density at radius 3 is 2.67 bits per heavy atom. The lowest BCUT2D eigenvalue weighted by Crippen LogP contribution is -1.99. The van der Waals surface area contributed by atoms with Crippen LogP contribution >= 0.6 is 11.6 Å². The van der Waals surface area contributed by atoms with Gasteiger partial charge in [-0.25, -0.2) is 4.79 Å². The molecule has 0 aromatic rings. The average Bonchev–Trinajstić information content (AvgIpc) is 2.05. The van der Waals surface area contributed by atoms with Crippen LogP contribution in [-0.2, 0) is 4.74 Å². The second-order valence-electron chi connectivity index (χ2n) is 2.23. The molecular weight excluding hydrogens is 176 g/mol. The van der Waals surface area contributed by atoms with Gasteiger partial charge in [0.05, 0.1) is 0 Å². The van der Waals surface area contributed by atoms with Crippen LogP contribution in [0.4, 0.5) is 4.79 Å². The van der Waals surface area contributed by atoms with Crippen molar-refractivity contribution in [2.24, 2.45) is 0 Å². The normalized spacial score (nSPS) is 12.1. The summed E-state index contributed by atoms with van der Waals surface area (Å²) in [6, 6.07) is 0. The second kappa shape index (κ2) is 6.92. The highest BCUT2D eigenvalue weighted by Gasteiger charge is 1.97. The number of carbonyl (C=O) groups excluding carboxylic acids is 1. The molecule has 0 aliphatic carbocycles. The molecular formula is C9H13ClO2. The van der Waals surface area contributed by atoms with Crippen LogP contribution in [0.2, 0.25) is 0 Å². The molecule has 12 heavy (non-hydrogen) atoms. The second-order valence-corrected chi connectivity index (χ2v) is 2.54. The smallest absolute Gasteiger partial charge is 0.404 e.